The standard InChI is InChI=1S/C31H34F3NO4/c32-31(33,34)16-14-28(22-6-8-23(9-7-22)30(38)35-17-15-29(36)37)26-11-10-25-19-27(13-12-24(25)18-26)39-20-21-4-2-1-3-5-21/h6-13,18-19,21,28H,1-5,14-17,20H2,(H,35,38)(H,36,37). The lowest BCUT2D eigenvalue weighted by Gasteiger charge is -2.22. The van der Waals surface area contributed by atoms with Gasteiger partial charge in [0.15, 0.2) is 0 Å². The molecule has 208 valence electrons. The number of benzene rings is 3. The molecular formula is C31H34F3NO4. The molecule has 1 unspecified atom stereocenters. The summed E-state index contributed by atoms with van der Waals surface area (Å²) in [4.78, 5) is 22.9. The van der Waals surface area contributed by atoms with E-state index in [1.165, 1.54) is 32.1 Å². The molecule has 4 rings (SSSR count). The minimum Gasteiger partial charge on any atom is -0.493 e. The van der Waals surface area contributed by atoms with Crippen molar-refractivity contribution in [3.63, 3.8) is 0 Å². The Morgan fingerprint density at radius 2 is 1.59 bits per heavy atom. The molecule has 1 saturated carbocycles. The topological polar surface area (TPSA) is 75.6 Å². The number of hydrogen-bond acceptors (Lipinski definition) is 3. The van der Waals surface area contributed by atoms with Gasteiger partial charge >= 0.3 is 12.1 Å². The first-order chi connectivity index (χ1) is 18.7. The zero-order valence-electron chi connectivity index (χ0n) is 21.8. The van der Waals surface area contributed by atoms with Crippen LogP contribution in [-0.4, -0.2) is 36.3 Å². The van der Waals surface area contributed by atoms with Crippen LogP contribution in [0.25, 0.3) is 10.8 Å². The number of carbonyl (C=O) groups is 2. The van der Waals surface area contributed by atoms with Crippen LogP contribution in [0.15, 0.2) is 60.7 Å². The molecule has 0 heterocycles. The third kappa shape index (κ3) is 8.47. The van der Waals surface area contributed by atoms with Gasteiger partial charge in [0, 0.05) is 24.4 Å². The maximum Gasteiger partial charge on any atom is 0.389 e. The van der Waals surface area contributed by atoms with E-state index in [4.69, 9.17) is 9.84 Å². The van der Waals surface area contributed by atoms with Gasteiger partial charge in [-0.25, -0.2) is 0 Å². The van der Waals surface area contributed by atoms with E-state index in [-0.39, 0.29) is 19.4 Å². The number of alkyl halides is 3. The van der Waals surface area contributed by atoms with E-state index in [0.29, 0.717) is 23.7 Å². The summed E-state index contributed by atoms with van der Waals surface area (Å²) >= 11 is 0. The Hall–Kier alpha value is -3.55. The summed E-state index contributed by atoms with van der Waals surface area (Å²) in [6, 6.07) is 18.0. The molecule has 1 aliphatic carbocycles. The van der Waals surface area contributed by atoms with Gasteiger partial charge in [0.25, 0.3) is 5.91 Å². The molecule has 1 atom stereocenters. The highest BCUT2D eigenvalue weighted by atomic mass is 19.4. The average molecular weight is 542 g/mol. The monoisotopic (exact) mass is 541 g/mol. The van der Waals surface area contributed by atoms with Crippen LogP contribution in [0.5, 0.6) is 5.75 Å². The van der Waals surface area contributed by atoms with E-state index in [1.54, 1.807) is 24.3 Å². The normalized spacial score (nSPS) is 15.2. The Kier molecular flexibility index (Phi) is 9.49. The molecule has 1 fully saturated rings. The van der Waals surface area contributed by atoms with Crippen molar-refractivity contribution in [1.29, 1.82) is 0 Å². The number of halogens is 3. The zero-order valence-corrected chi connectivity index (χ0v) is 21.8. The third-order valence-corrected chi connectivity index (χ3v) is 7.36. The molecule has 0 aromatic heterocycles. The summed E-state index contributed by atoms with van der Waals surface area (Å²) in [5.74, 6) is -0.568. The lowest BCUT2D eigenvalue weighted by Crippen LogP contribution is -2.25. The Labute approximate surface area is 226 Å². The highest BCUT2D eigenvalue weighted by Gasteiger charge is 2.29. The number of carbonyl (C=O) groups excluding carboxylic acids is 1. The van der Waals surface area contributed by atoms with Gasteiger partial charge in [-0.05, 0) is 71.3 Å². The second-order valence-electron chi connectivity index (χ2n) is 10.3. The molecule has 3 aromatic carbocycles. The molecule has 2 N–H and O–H groups in total. The highest BCUT2D eigenvalue weighted by Crippen LogP contribution is 2.36. The summed E-state index contributed by atoms with van der Waals surface area (Å²) in [6.07, 6.45) is 0.678. The first kappa shape index (κ1) is 28.5. The van der Waals surface area contributed by atoms with Crippen LogP contribution in [0.3, 0.4) is 0 Å². The summed E-state index contributed by atoms with van der Waals surface area (Å²) in [7, 11) is 0. The number of aliphatic carboxylic acids is 1. The Balaban J connectivity index is 1.51. The van der Waals surface area contributed by atoms with Gasteiger partial charge in [-0.15, -0.1) is 0 Å². The van der Waals surface area contributed by atoms with Crippen molar-refractivity contribution in [2.75, 3.05) is 13.2 Å². The number of carboxylic acids is 1. The molecule has 1 amide bonds. The highest BCUT2D eigenvalue weighted by molar-refractivity contribution is 5.94. The van der Waals surface area contributed by atoms with Crippen LogP contribution in [0.1, 0.15) is 78.8 Å². The average Bonchev–Trinajstić information content (AvgIpc) is 2.92. The first-order valence-corrected chi connectivity index (χ1v) is 13.5. The molecule has 39 heavy (non-hydrogen) atoms. The number of nitrogens with one attached hydrogen (secondary N) is 1. The molecule has 5 nitrogen and oxygen atoms in total. The van der Waals surface area contributed by atoms with Crippen molar-refractivity contribution in [1.82, 2.24) is 5.32 Å². The zero-order chi connectivity index (χ0) is 27.8. The van der Waals surface area contributed by atoms with E-state index in [0.717, 1.165) is 22.1 Å². The summed E-state index contributed by atoms with van der Waals surface area (Å²) in [6.45, 7) is 0.700. The lowest BCUT2D eigenvalue weighted by atomic mass is 9.86. The largest absolute Gasteiger partial charge is 0.493 e. The predicted octanol–water partition coefficient (Wildman–Crippen LogP) is 7.48. The molecule has 8 heteroatoms. The number of rotatable bonds is 11. The second-order valence-corrected chi connectivity index (χ2v) is 10.3. The lowest BCUT2D eigenvalue weighted by molar-refractivity contribution is -0.137. The van der Waals surface area contributed by atoms with Gasteiger partial charge in [-0.3, -0.25) is 9.59 Å². The molecule has 0 bridgehead atoms. The molecule has 1 aliphatic rings. The van der Waals surface area contributed by atoms with Crippen LogP contribution in [0.2, 0.25) is 0 Å². The van der Waals surface area contributed by atoms with E-state index >= 15 is 0 Å². The second kappa shape index (κ2) is 13.0. The third-order valence-electron chi connectivity index (χ3n) is 7.36. The Bertz CT molecular complexity index is 1270. The molecule has 0 spiro atoms. The smallest absolute Gasteiger partial charge is 0.389 e. The predicted molar refractivity (Wildman–Crippen MR) is 144 cm³/mol. The van der Waals surface area contributed by atoms with E-state index in [9.17, 15) is 22.8 Å². The molecule has 0 radical (unpaired) electrons. The van der Waals surface area contributed by atoms with E-state index in [2.05, 4.69) is 5.32 Å². The number of amides is 1. The number of carboxylic acid groups (broad SMARTS) is 1. The number of hydrogen-bond donors (Lipinski definition) is 2. The molecular weight excluding hydrogens is 507 g/mol. The number of fused-ring (bicyclic) bond motifs is 1. The fourth-order valence-corrected chi connectivity index (χ4v) is 5.20. The van der Waals surface area contributed by atoms with Crippen molar-refractivity contribution in [2.24, 2.45) is 5.92 Å². The van der Waals surface area contributed by atoms with Crippen molar-refractivity contribution in [3.05, 3.63) is 77.4 Å². The van der Waals surface area contributed by atoms with Gasteiger partial charge in [0.05, 0.1) is 13.0 Å². The first-order valence-electron chi connectivity index (χ1n) is 13.5. The van der Waals surface area contributed by atoms with Crippen LogP contribution >= 0.6 is 0 Å². The van der Waals surface area contributed by atoms with Crippen LogP contribution in [-0.2, 0) is 4.79 Å². The van der Waals surface area contributed by atoms with Gasteiger partial charge in [-0.2, -0.15) is 13.2 Å². The SMILES string of the molecule is O=C(O)CCNC(=O)c1ccc(C(CCC(F)(F)F)c2ccc3cc(OCC4CCCCC4)ccc3c2)cc1. The minimum absolute atomic E-state index is 0.00541. The van der Waals surface area contributed by atoms with Crippen molar-refractivity contribution in [2.45, 2.75) is 63.5 Å². The summed E-state index contributed by atoms with van der Waals surface area (Å²) in [5, 5.41) is 13.1. The van der Waals surface area contributed by atoms with Crippen LogP contribution in [0, 0.1) is 5.92 Å². The van der Waals surface area contributed by atoms with Crippen molar-refractivity contribution in [3.8, 4) is 5.75 Å². The fraction of sp³-hybridized carbons (Fsp3) is 0.419. The quantitative estimate of drug-likeness (QED) is 0.264. The van der Waals surface area contributed by atoms with Gasteiger partial charge < -0.3 is 15.2 Å². The molecule has 0 saturated heterocycles. The minimum atomic E-state index is -4.29. The van der Waals surface area contributed by atoms with Gasteiger partial charge in [0.2, 0.25) is 0 Å². The van der Waals surface area contributed by atoms with Crippen LogP contribution in [0.4, 0.5) is 13.2 Å². The van der Waals surface area contributed by atoms with E-state index < -0.39 is 30.4 Å². The van der Waals surface area contributed by atoms with Gasteiger partial charge in [-0.1, -0.05) is 55.7 Å². The molecule has 3 aromatic rings. The number of ether oxygens (including phenoxy) is 1. The Morgan fingerprint density at radius 3 is 2.28 bits per heavy atom. The van der Waals surface area contributed by atoms with Crippen LogP contribution < -0.4 is 10.1 Å². The molecule has 0 aliphatic heterocycles. The summed E-state index contributed by atoms with van der Waals surface area (Å²) in [5.41, 5.74) is 1.76. The van der Waals surface area contributed by atoms with E-state index in [1.807, 2.05) is 36.4 Å². The van der Waals surface area contributed by atoms with Crippen molar-refractivity contribution < 1.29 is 32.6 Å². The van der Waals surface area contributed by atoms with Gasteiger partial charge in [0.1, 0.15) is 5.75 Å². The Morgan fingerprint density at radius 1 is 0.923 bits per heavy atom. The summed E-state index contributed by atoms with van der Waals surface area (Å²) < 4.78 is 45.6. The fourth-order valence-electron chi connectivity index (χ4n) is 5.20. The van der Waals surface area contributed by atoms with Crippen molar-refractivity contribution >= 4 is 22.6 Å². The maximum absolute atomic E-state index is 13.2. The maximum atomic E-state index is 13.2.